The molecular formula is C12H22O2. The zero-order chi connectivity index (χ0) is 11.1. The number of aliphatic hydroxyl groups is 1. The van der Waals surface area contributed by atoms with Crippen LogP contribution in [0.15, 0.2) is 12.2 Å². The molecule has 0 aliphatic rings. The molecule has 0 aromatic rings. The van der Waals surface area contributed by atoms with Crippen LogP contribution in [0.2, 0.25) is 0 Å². The molecule has 0 saturated heterocycles. The van der Waals surface area contributed by atoms with E-state index in [9.17, 15) is 9.90 Å². The van der Waals surface area contributed by atoms with Crippen LogP contribution in [0.3, 0.4) is 0 Å². The fourth-order valence-electron chi connectivity index (χ4n) is 1.47. The van der Waals surface area contributed by atoms with Crippen LogP contribution in [0.1, 0.15) is 46.5 Å². The van der Waals surface area contributed by atoms with Crippen molar-refractivity contribution in [1.29, 1.82) is 0 Å². The molecule has 0 spiro atoms. The third-order valence-electron chi connectivity index (χ3n) is 2.75. The Morgan fingerprint density at radius 2 is 1.79 bits per heavy atom. The first kappa shape index (κ1) is 13.4. The van der Waals surface area contributed by atoms with E-state index in [1.54, 1.807) is 0 Å². The molecule has 1 unspecified atom stereocenters. The van der Waals surface area contributed by atoms with E-state index in [1.165, 1.54) is 0 Å². The predicted octanol–water partition coefficient (Wildman–Crippen LogP) is 2.71. The summed E-state index contributed by atoms with van der Waals surface area (Å²) in [6, 6.07) is 0. The number of Topliss-reactive ketones (excluding diaryl/α,β-unsaturated/α-hetero) is 1. The lowest BCUT2D eigenvalue weighted by Gasteiger charge is -2.18. The van der Waals surface area contributed by atoms with Crippen LogP contribution in [0.25, 0.3) is 0 Å². The van der Waals surface area contributed by atoms with Crippen molar-refractivity contribution in [2.45, 2.75) is 52.6 Å². The molecule has 1 N–H and O–H groups in total. The average Bonchev–Trinajstić information content (AvgIpc) is 2.19. The van der Waals surface area contributed by atoms with Crippen molar-refractivity contribution < 1.29 is 9.90 Å². The van der Waals surface area contributed by atoms with Gasteiger partial charge in [0.05, 0.1) is 0 Å². The number of aliphatic hydroxyl groups excluding tert-OH is 1. The Morgan fingerprint density at radius 1 is 1.29 bits per heavy atom. The molecule has 0 heterocycles. The van der Waals surface area contributed by atoms with E-state index in [0.29, 0.717) is 6.42 Å². The van der Waals surface area contributed by atoms with Gasteiger partial charge in [0.2, 0.25) is 0 Å². The molecule has 2 heteroatoms. The van der Waals surface area contributed by atoms with E-state index < -0.39 is 6.10 Å². The first-order valence-corrected chi connectivity index (χ1v) is 5.44. The van der Waals surface area contributed by atoms with E-state index >= 15 is 0 Å². The van der Waals surface area contributed by atoms with Crippen LogP contribution in [0.4, 0.5) is 0 Å². The van der Waals surface area contributed by atoms with Gasteiger partial charge < -0.3 is 5.11 Å². The van der Waals surface area contributed by atoms with Crippen LogP contribution in [-0.4, -0.2) is 17.0 Å². The van der Waals surface area contributed by atoms with Crippen molar-refractivity contribution in [1.82, 2.24) is 0 Å². The number of hydrogen-bond donors (Lipinski definition) is 1. The Bertz CT molecular complexity index is 192. The number of ketones is 1. The van der Waals surface area contributed by atoms with Crippen LogP contribution in [0.5, 0.6) is 0 Å². The molecule has 14 heavy (non-hydrogen) atoms. The summed E-state index contributed by atoms with van der Waals surface area (Å²) in [7, 11) is 0. The van der Waals surface area contributed by atoms with E-state index in [4.69, 9.17) is 0 Å². The minimum Gasteiger partial charge on any atom is -0.385 e. The summed E-state index contributed by atoms with van der Waals surface area (Å²) in [4.78, 5) is 11.6. The smallest absolute Gasteiger partial charge is 0.165 e. The fourth-order valence-corrected chi connectivity index (χ4v) is 1.47. The largest absolute Gasteiger partial charge is 0.385 e. The van der Waals surface area contributed by atoms with Gasteiger partial charge in [0, 0.05) is 6.42 Å². The van der Waals surface area contributed by atoms with Gasteiger partial charge in [-0.15, -0.1) is 0 Å². The lowest BCUT2D eigenvalue weighted by molar-refractivity contribution is -0.129. The van der Waals surface area contributed by atoms with Gasteiger partial charge in [0.1, 0.15) is 6.10 Å². The lowest BCUT2D eigenvalue weighted by atomic mass is 9.91. The Hall–Kier alpha value is -0.630. The topological polar surface area (TPSA) is 37.3 Å². The standard InChI is InChI=1S/C12H22O2/c1-5-9(4)8-11(13)12(14)10(6-2)7-3/h10,12,14H,4-8H2,1-3H3. The molecule has 2 nitrogen and oxygen atoms in total. The van der Waals surface area contributed by atoms with Gasteiger partial charge in [-0.1, -0.05) is 45.8 Å². The second-order valence-electron chi connectivity index (χ2n) is 3.77. The maximum absolute atomic E-state index is 11.6. The van der Waals surface area contributed by atoms with Crippen molar-refractivity contribution >= 4 is 5.78 Å². The summed E-state index contributed by atoms with van der Waals surface area (Å²) in [5.74, 6) is 0.0257. The second kappa shape index (κ2) is 6.77. The molecule has 0 aliphatic carbocycles. The van der Waals surface area contributed by atoms with Gasteiger partial charge in [0.15, 0.2) is 5.78 Å². The number of carbonyl (C=O) groups excluding carboxylic acids is 1. The van der Waals surface area contributed by atoms with E-state index in [2.05, 4.69) is 6.58 Å². The summed E-state index contributed by atoms with van der Waals surface area (Å²) in [6.45, 7) is 9.74. The van der Waals surface area contributed by atoms with Crippen molar-refractivity contribution in [3.63, 3.8) is 0 Å². The third-order valence-corrected chi connectivity index (χ3v) is 2.75. The quantitative estimate of drug-likeness (QED) is 0.639. The molecule has 0 radical (unpaired) electrons. The van der Waals surface area contributed by atoms with Gasteiger partial charge in [-0.25, -0.2) is 0 Å². The van der Waals surface area contributed by atoms with Crippen LogP contribution in [-0.2, 0) is 4.79 Å². The van der Waals surface area contributed by atoms with E-state index in [1.807, 2.05) is 20.8 Å². The van der Waals surface area contributed by atoms with E-state index in [-0.39, 0.29) is 11.7 Å². The molecule has 82 valence electrons. The fraction of sp³-hybridized carbons (Fsp3) is 0.750. The van der Waals surface area contributed by atoms with Gasteiger partial charge >= 0.3 is 0 Å². The Labute approximate surface area is 87.0 Å². The lowest BCUT2D eigenvalue weighted by Crippen LogP contribution is -2.29. The Balaban J connectivity index is 4.16. The monoisotopic (exact) mass is 198 g/mol. The second-order valence-corrected chi connectivity index (χ2v) is 3.77. The Morgan fingerprint density at radius 3 is 2.14 bits per heavy atom. The number of allylic oxidation sites excluding steroid dienone is 1. The first-order valence-electron chi connectivity index (χ1n) is 5.44. The summed E-state index contributed by atoms with van der Waals surface area (Å²) in [5, 5.41) is 9.73. The van der Waals surface area contributed by atoms with Gasteiger partial charge in [-0.3, -0.25) is 4.79 Å². The Kier molecular flexibility index (Phi) is 6.46. The predicted molar refractivity (Wildman–Crippen MR) is 59.1 cm³/mol. The summed E-state index contributed by atoms with van der Waals surface area (Å²) in [6.07, 6.45) is 2.04. The molecule has 0 aromatic heterocycles. The van der Waals surface area contributed by atoms with E-state index in [0.717, 1.165) is 24.8 Å². The molecule has 0 aliphatic heterocycles. The summed E-state index contributed by atoms with van der Waals surface area (Å²) >= 11 is 0. The highest BCUT2D eigenvalue weighted by atomic mass is 16.3. The highest BCUT2D eigenvalue weighted by Gasteiger charge is 2.22. The zero-order valence-corrected chi connectivity index (χ0v) is 9.55. The number of carbonyl (C=O) groups is 1. The number of hydrogen-bond acceptors (Lipinski definition) is 2. The SMILES string of the molecule is C=C(CC)CC(=O)C(O)C(CC)CC. The number of rotatable bonds is 7. The summed E-state index contributed by atoms with van der Waals surface area (Å²) in [5.41, 5.74) is 0.903. The molecule has 1 atom stereocenters. The maximum Gasteiger partial charge on any atom is 0.165 e. The maximum atomic E-state index is 11.6. The zero-order valence-electron chi connectivity index (χ0n) is 9.55. The summed E-state index contributed by atoms with van der Waals surface area (Å²) < 4.78 is 0. The average molecular weight is 198 g/mol. The van der Waals surface area contributed by atoms with Gasteiger partial charge in [0.25, 0.3) is 0 Å². The highest BCUT2D eigenvalue weighted by Crippen LogP contribution is 2.17. The molecule has 0 amide bonds. The third kappa shape index (κ3) is 4.05. The van der Waals surface area contributed by atoms with Gasteiger partial charge in [-0.05, 0) is 12.3 Å². The first-order chi connectivity index (χ1) is 6.56. The highest BCUT2D eigenvalue weighted by molar-refractivity contribution is 5.85. The molecule has 0 fully saturated rings. The van der Waals surface area contributed by atoms with Crippen molar-refractivity contribution in [3.8, 4) is 0 Å². The minimum atomic E-state index is -0.798. The van der Waals surface area contributed by atoms with Crippen molar-refractivity contribution in [3.05, 3.63) is 12.2 Å². The van der Waals surface area contributed by atoms with Gasteiger partial charge in [-0.2, -0.15) is 0 Å². The van der Waals surface area contributed by atoms with Crippen molar-refractivity contribution in [2.75, 3.05) is 0 Å². The normalized spacial score (nSPS) is 12.9. The van der Waals surface area contributed by atoms with Crippen LogP contribution < -0.4 is 0 Å². The van der Waals surface area contributed by atoms with Crippen LogP contribution >= 0.6 is 0 Å². The minimum absolute atomic E-state index is 0.0782. The molecule has 0 saturated carbocycles. The molecule has 0 rings (SSSR count). The van der Waals surface area contributed by atoms with Crippen molar-refractivity contribution in [2.24, 2.45) is 5.92 Å². The van der Waals surface area contributed by atoms with Crippen LogP contribution in [0, 0.1) is 5.92 Å². The molecule has 0 aromatic carbocycles. The molecular weight excluding hydrogens is 176 g/mol. The molecule has 0 bridgehead atoms.